The molecule has 0 bridgehead atoms. The van der Waals surface area contributed by atoms with E-state index in [1.165, 1.54) is 12.7 Å². The zero-order valence-corrected chi connectivity index (χ0v) is 10.5. The second kappa shape index (κ2) is 6.54. The highest BCUT2D eigenvalue weighted by molar-refractivity contribution is 5.78. The Balaban J connectivity index is 1.87. The van der Waals surface area contributed by atoms with Gasteiger partial charge < -0.3 is 14.9 Å². The first-order valence-corrected chi connectivity index (χ1v) is 6.59. The summed E-state index contributed by atoms with van der Waals surface area (Å²) < 4.78 is 4.70. The van der Waals surface area contributed by atoms with E-state index in [0.29, 0.717) is 5.69 Å². The SMILES string of the molecule is O=C(Cc1ccon1)NC1CCCCCC1CO. The van der Waals surface area contributed by atoms with E-state index in [1.54, 1.807) is 6.07 Å². The molecular weight excluding hydrogens is 232 g/mol. The summed E-state index contributed by atoms with van der Waals surface area (Å²) in [6.45, 7) is 0.148. The number of nitrogens with zero attached hydrogens (tertiary/aromatic N) is 1. The average Bonchev–Trinajstić information content (AvgIpc) is 2.75. The molecular formula is C13H20N2O3. The maximum atomic E-state index is 11.9. The summed E-state index contributed by atoms with van der Waals surface area (Å²) >= 11 is 0. The molecule has 1 aliphatic carbocycles. The molecule has 0 aliphatic heterocycles. The second-order valence-electron chi connectivity index (χ2n) is 4.92. The molecule has 2 rings (SSSR count). The van der Waals surface area contributed by atoms with Gasteiger partial charge in [-0.05, 0) is 12.8 Å². The van der Waals surface area contributed by atoms with E-state index in [1.807, 2.05) is 0 Å². The molecule has 0 spiro atoms. The molecule has 2 atom stereocenters. The van der Waals surface area contributed by atoms with E-state index in [0.717, 1.165) is 25.7 Å². The van der Waals surface area contributed by atoms with Gasteiger partial charge in [0.15, 0.2) is 0 Å². The van der Waals surface area contributed by atoms with Gasteiger partial charge in [-0.2, -0.15) is 0 Å². The van der Waals surface area contributed by atoms with Crippen molar-refractivity contribution < 1.29 is 14.4 Å². The van der Waals surface area contributed by atoms with Gasteiger partial charge in [0.05, 0.1) is 12.1 Å². The molecule has 0 saturated heterocycles. The molecule has 100 valence electrons. The molecule has 1 fully saturated rings. The molecule has 1 aromatic rings. The van der Waals surface area contributed by atoms with E-state index in [4.69, 9.17) is 4.52 Å². The molecule has 1 aliphatic rings. The van der Waals surface area contributed by atoms with E-state index >= 15 is 0 Å². The quantitative estimate of drug-likeness (QED) is 0.791. The summed E-state index contributed by atoms with van der Waals surface area (Å²) in [4.78, 5) is 11.9. The minimum atomic E-state index is -0.0470. The minimum Gasteiger partial charge on any atom is -0.396 e. The zero-order valence-electron chi connectivity index (χ0n) is 10.5. The first kappa shape index (κ1) is 13.1. The summed E-state index contributed by atoms with van der Waals surface area (Å²) in [5.41, 5.74) is 0.640. The van der Waals surface area contributed by atoms with Crippen molar-refractivity contribution in [3.63, 3.8) is 0 Å². The van der Waals surface area contributed by atoms with Crippen LogP contribution in [0.25, 0.3) is 0 Å². The summed E-state index contributed by atoms with van der Waals surface area (Å²) in [6.07, 6.45) is 7.09. The topological polar surface area (TPSA) is 75.4 Å². The third-order valence-corrected chi connectivity index (χ3v) is 3.57. The van der Waals surface area contributed by atoms with Crippen molar-refractivity contribution in [1.29, 1.82) is 0 Å². The first-order valence-electron chi connectivity index (χ1n) is 6.59. The van der Waals surface area contributed by atoms with Gasteiger partial charge in [0, 0.05) is 24.6 Å². The van der Waals surface area contributed by atoms with Crippen LogP contribution in [0.1, 0.15) is 37.8 Å². The maximum Gasteiger partial charge on any atom is 0.226 e. The lowest BCUT2D eigenvalue weighted by atomic mass is 9.95. The van der Waals surface area contributed by atoms with Crippen LogP contribution < -0.4 is 5.32 Å². The van der Waals surface area contributed by atoms with Crippen molar-refractivity contribution in [3.8, 4) is 0 Å². The van der Waals surface area contributed by atoms with E-state index < -0.39 is 0 Å². The predicted octanol–water partition coefficient (Wildman–Crippen LogP) is 1.27. The van der Waals surface area contributed by atoms with Crippen molar-refractivity contribution >= 4 is 5.91 Å². The lowest BCUT2D eigenvalue weighted by molar-refractivity contribution is -0.121. The number of carbonyl (C=O) groups is 1. The summed E-state index contributed by atoms with van der Waals surface area (Å²) in [6, 6.07) is 1.79. The number of nitrogens with one attached hydrogen (secondary N) is 1. The third kappa shape index (κ3) is 3.57. The van der Waals surface area contributed by atoms with E-state index in [-0.39, 0.29) is 30.9 Å². The fraction of sp³-hybridized carbons (Fsp3) is 0.692. The Morgan fingerprint density at radius 2 is 2.28 bits per heavy atom. The molecule has 5 nitrogen and oxygen atoms in total. The largest absolute Gasteiger partial charge is 0.396 e. The van der Waals surface area contributed by atoms with E-state index in [9.17, 15) is 9.90 Å². The molecule has 18 heavy (non-hydrogen) atoms. The van der Waals surface area contributed by atoms with Gasteiger partial charge in [0.1, 0.15) is 6.26 Å². The van der Waals surface area contributed by atoms with Gasteiger partial charge in [-0.15, -0.1) is 0 Å². The number of rotatable bonds is 4. The highest BCUT2D eigenvalue weighted by Gasteiger charge is 2.24. The average molecular weight is 252 g/mol. The lowest BCUT2D eigenvalue weighted by Crippen LogP contribution is -2.41. The number of aliphatic hydroxyl groups excluding tert-OH is 1. The molecule has 1 heterocycles. The number of amides is 1. The van der Waals surface area contributed by atoms with Gasteiger partial charge >= 0.3 is 0 Å². The first-order chi connectivity index (χ1) is 8.79. The summed E-state index contributed by atoms with van der Waals surface area (Å²) in [7, 11) is 0. The van der Waals surface area contributed by atoms with Gasteiger partial charge in [-0.25, -0.2) is 0 Å². The van der Waals surface area contributed by atoms with Crippen LogP contribution in [0.15, 0.2) is 16.9 Å². The van der Waals surface area contributed by atoms with Crippen LogP contribution in [-0.4, -0.2) is 28.8 Å². The molecule has 5 heteroatoms. The van der Waals surface area contributed by atoms with Crippen LogP contribution in [0.2, 0.25) is 0 Å². The van der Waals surface area contributed by atoms with Crippen LogP contribution in [0.5, 0.6) is 0 Å². The zero-order chi connectivity index (χ0) is 12.8. The molecule has 0 aromatic carbocycles. The van der Waals surface area contributed by atoms with Crippen LogP contribution in [0.3, 0.4) is 0 Å². The Morgan fingerprint density at radius 1 is 1.44 bits per heavy atom. The maximum absolute atomic E-state index is 11.9. The molecule has 0 radical (unpaired) electrons. The van der Waals surface area contributed by atoms with Gasteiger partial charge in [0.2, 0.25) is 5.91 Å². The Kier molecular flexibility index (Phi) is 4.75. The van der Waals surface area contributed by atoms with Crippen LogP contribution in [-0.2, 0) is 11.2 Å². The normalized spacial score (nSPS) is 24.5. The lowest BCUT2D eigenvalue weighted by Gasteiger charge is -2.24. The highest BCUT2D eigenvalue weighted by Crippen LogP contribution is 2.23. The Bertz CT molecular complexity index is 364. The number of aromatic nitrogens is 1. The fourth-order valence-corrected chi connectivity index (χ4v) is 2.54. The summed E-state index contributed by atoms with van der Waals surface area (Å²) in [5.74, 6) is 0.142. The fourth-order valence-electron chi connectivity index (χ4n) is 2.54. The van der Waals surface area contributed by atoms with Crippen molar-refractivity contribution in [1.82, 2.24) is 10.5 Å². The number of hydrogen-bond donors (Lipinski definition) is 2. The number of hydrogen-bond acceptors (Lipinski definition) is 4. The summed E-state index contributed by atoms with van der Waals surface area (Å²) in [5, 5.41) is 16.1. The molecule has 1 saturated carbocycles. The third-order valence-electron chi connectivity index (χ3n) is 3.57. The van der Waals surface area contributed by atoms with Crippen LogP contribution >= 0.6 is 0 Å². The highest BCUT2D eigenvalue weighted by atomic mass is 16.5. The van der Waals surface area contributed by atoms with Gasteiger partial charge in [-0.3, -0.25) is 4.79 Å². The molecule has 1 aromatic heterocycles. The second-order valence-corrected chi connectivity index (χ2v) is 4.92. The van der Waals surface area contributed by atoms with Crippen LogP contribution in [0.4, 0.5) is 0 Å². The van der Waals surface area contributed by atoms with Crippen LogP contribution in [0, 0.1) is 5.92 Å². The van der Waals surface area contributed by atoms with Crippen molar-refractivity contribution in [2.24, 2.45) is 5.92 Å². The van der Waals surface area contributed by atoms with Crippen molar-refractivity contribution in [3.05, 3.63) is 18.0 Å². The smallest absolute Gasteiger partial charge is 0.226 e. The van der Waals surface area contributed by atoms with Gasteiger partial charge in [-0.1, -0.05) is 24.4 Å². The van der Waals surface area contributed by atoms with Crippen molar-refractivity contribution in [2.45, 2.75) is 44.6 Å². The van der Waals surface area contributed by atoms with Gasteiger partial charge in [0.25, 0.3) is 0 Å². The predicted molar refractivity (Wildman–Crippen MR) is 65.8 cm³/mol. The monoisotopic (exact) mass is 252 g/mol. The Hall–Kier alpha value is -1.36. The number of carbonyl (C=O) groups excluding carboxylic acids is 1. The standard InChI is InChI=1S/C13H20N2O3/c16-9-10-4-2-1-3-5-12(10)14-13(17)8-11-6-7-18-15-11/h6-7,10,12,16H,1-5,8-9H2,(H,14,17). The Morgan fingerprint density at radius 3 is 3.00 bits per heavy atom. The van der Waals surface area contributed by atoms with E-state index in [2.05, 4.69) is 10.5 Å². The minimum absolute atomic E-state index is 0.0470. The molecule has 2 unspecified atom stereocenters. The number of aliphatic hydroxyl groups is 1. The Labute approximate surface area is 107 Å². The molecule has 1 amide bonds. The van der Waals surface area contributed by atoms with Crippen molar-refractivity contribution in [2.75, 3.05) is 6.61 Å². The molecule has 2 N–H and O–H groups in total.